The van der Waals surface area contributed by atoms with Gasteiger partial charge in [0.25, 0.3) is 0 Å². The van der Waals surface area contributed by atoms with Gasteiger partial charge < -0.3 is 10.5 Å². The summed E-state index contributed by atoms with van der Waals surface area (Å²) in [6, 6.07) is 1.85. The summed E-state index contributed by atoms with van der Waals surface area (Å²) in [5.41, 5.74) is 5.23. The first-order chi connectivity index (χ1) is 6.09. The Kier molecular flexibility index (Phi) is 2.93. The van der Waals surface area contributed by atoms with E-state index >= 15 is 0 Å². The molecule has 1 heterocycles. The number of nitrogens with zero attached hydrogens (tertiary/aromatic N) is 2. The van der Waals surface area contributed by atoms with Gasteiger partial charge in [-0.3, -0.25) is 0 Å². The molecule has 4 heteroatoms. The third kappa shape index (κ3) is 2.45. The van der Waals surface area contributed by atoms with E-state index < -0.39 is 0 Å². The minimum absolute atomic E-state index is 0.326. The first-order valence-electron chi connectivity index (χ1n) is 4.50. The Morgan fingerprint density at radius 2 is 2.31 bits per heavy atom. The largest absolute Gasteiger partial charge is 0.470 e. The SMILES string of the molecule is CCn1nccc1OC(C)(C)CN. The molecule has 0 saturated carbocycles. The lowest BCUT2D eigenvalue weighted by molar-refractivity contribution is 0.104. The molecular weight excluding hydrogens is 166 g/mol. The van der Waals surface area contributed by atoms with Crippen molar-refractivity contribution in [1.29, 1.82) is 0 Å². The molecule has 0 fully saturated rings. The van der Waals surface area contributed by atoms with Gasteiger partial charge in [-0.25, -0.2) is 4.68 Å². The maximum Gasteiger partial charge on any atom is 0.212 e. The van der Waals surface area contributed by atoms with Crippen LogP contribution in [0.1, 0.15) is 20.8 Å². The zero-order valence-corrected chi connectivity index (χ0v) is 8.45. The first-order valence-corrected chi connectivity index (χ1v) is 4.50. The van der Waals surface area contributed by atoms with Crippen LogP contribution in [-0.4, -0.2) is 21.9 Å². The smallest absolute Gasteiger partial charge is 0.212 e. The number of aromatic nitrogens is 2. The van der Waals surface area contributed by atoms with Gasteiger partial charge in [-0.15, -0.1) is 0 Å². The van der Waals surface area contributed by atoms with E-state index in [4.69, 9.17) is 10.5 Å². The van der Waals surface area contributed by atoms with Crippen molar-refractivity contribution >= 4 is 0 Å². The van der Waals surface area contributed by atoms with E-state index in [1.54, 1.807) is 10.9 Å². The van der Waals surface area contributed by atoms with Crippen LogP contribution in [0, 0.1) is 0 Å². The average molecular weight is 183 g/mol. The second-order valence-corrected chi connectivity index (χ2v) is 3.55. The van der Waals surface area contributed by atoms with Crippen LogP contribution in [-0.2, 0) is 6.54 Å². The molecule has 2 N–H and O–H groups in total. The zero-order chi connectivity index (χ0) is 9.90. The van der Waals surface area contributed by atoms with Crippen LogP contribution in [0.15, 0.2) is 12.3 Å². The van der Waals surface area contributed by atoms with E-state index in [2.05, 4.69) is 5.10 Å². The van der Waals surface area contributed by atoms with Crippen molar-refractivity contribution < 1.29 is 4.74 Å². The van der Waals surface area contributed by atoms with Crippen molar-refractivity contribution in [3.05, 3.63) is 12.3 Å². The summed E-state index contributed by atoms with van der Waals surface area (Å²) in [4.78, 5) is 0. The number of aryl methyl sites for hydroxylation is 1. The molecule has 0 bridgehead atoms. The molecule has 0 spiro atoms. The van der Waals surface area contributed by atoms with Gasteiger partial charge in [0, 0.05) is 19.2 Å². The number of rotatable bonds is 4. The Morgan fingerprint density at radius 1 is 1.62 bits per heavy atom. The van der Waals surface area contributed by atoms with Crippen molar-refractivity contribution in [2.45, 2.75) is 32.9 Å². The summed E-state index contributed by atoms with van der Waals surface area (Å²) in [5.74, 6) is 0.776. The van der Waals surface area contributed by atoms with Gasteiger partial charge in [-0.2, -0.15) is 5.10 Å². The molecule has 0 aromatic carbocycles. The van der Waals surface area contributed by atoms with Gasteiger partial charge in [0.2, 0.25) is 5.88 Å². The molecule has 0 saturated heterocycles. The normalized spacial score (nSPS) is 11.7. The molecule has 0 aliphatic carbocycles. The number of hydrogen-bond acceptors (Lipinski definition) is 3. The Labute approximate surface area is 78.7 Å². The van der Waals surface area contributed by atoms with Gasteiger partial charge in [0.15, 0.2) is 0 Å². The highest BCUT2D eigenvalue weighted by atomic mass is 16.5. The van der Waals surface area contributed by atoms with E-state index in [-0.39, 0.29) is 5.60 Å². The van der Waals surface area contributed by atoms with Gasteiger partial charge in [0.1, 0.15) is 5.60 Å². The summed E-state index contributed by atoms with van der Waals surface area (Å²) >= 11 is 0. The maximum absolute atomic E-state index is 5.69. The van der Waals surface area contributed by atoms with Crippen LogP contribution < -0.4 is 10.5 Å². The molecule has 0 unspecified atom stereocenters. The molecule has 13 heavy (non-hydrogen) atoms. The zero-order valence-electron chi connectivity index (χ0n) is 8.45. The van der Waals surface area contributed by atoms with Crippen LogP contribution >= 0.6 is 0 Å². The third-order valence-corrected chi connectivity index (χ3v) is 1.85. The average Bonchev–Trinajstić information content (AvgIpc) is 2.51. The standard InChI is InChI=1S/C9H17N3O/c1-4-12-8(5-6-11-12)13-9(2,3)7-10/h5-6H,4,7,10H2,1-3H3. The summed E-state index contributed by atoms with van der Waals surface area (Å²) in [5, 5.41) is 4.10. The molecule has 4 nitrogen and oxygen atoms in total. The molecule has 0 aliphatic rings. The highest BCUT2D eigenvalue weighted by Crippen LogP contribution is 2.16. The predicted molar refractivity (Wildman–Crippen MR) is 51.7 cm³/mol. The van der Waals surface area contributed by atoms with Crippen molar-refractivity contribution in [3.63, 3.8) is 0 Å². The van der Waals surface area contributed by atoms with Crippen LogP contribution in [0.5, 0.6) is 5.88 Å². The molecule has 1 aromatic rings. The lowest BCUT2D eigenvalue weighted by Gasteiger charge is -2.24. The lowest BCUT2D eigenvalue weighted by Crippen LogP contribution is -2.37. The van der Waals surface area contributed by atoms with Crippen molar-refractivity contribution in [2.24, 2.45) is 5.73 Å². The molecule has 1 rings (SSSR count). The molecule has 0 radical (unpaired) electrons. The van der Waals surface area contributed by atoms with Crippen LogP contribution in [0.25, 0.3) is 0 Å². The van der Waals surface area contributed by atoms with Crippen molar-refractivity contribution in [3.8, 4) is 5.88 Å². The fourth-order valence-corrected chi connectivity index (χ4v) is 0.969. The summed E-state index contributed by atoms with van der Waals surface area (Å²) in [6.45, 7) is 7.24. The number of hydrogen-bond donors (Lipinski definition) is 1. The monoisotopic (exact) mass is 183 g/mol. The summed E-state index contributed by atoms with van der Waals surface area (Å²) in [6.07, 6.45) is 1.73. The second kappa shape index (κ2) is 3.79. The highest BCUT2D eigenvalue weighted by molar-refractivity contribution is 5.09. The highest BCUT2D eigenvalue weighted by Gasteiger charge is 2.18. The molecular formula is C9H17N3O. The topological polar surface area (TPSA) is 53.1 Å². The van der Waals surface area contributed by atoms with Gasteiger partial charge in [-0.1, -0.05) is 0 Å². The van der Waals surface area contributed by atoms with Gasteiger partial charge in [-0.05, 0) is 20.8 Å². The van der Waals surface area contributed by atoms with E-state index in [0.717, 1.165) is 12.4 Å². The van der Waals surface area contributed by atoms with Crippen molar-refractivity contribution in [1.82, 2.24) is 9.78 Å². The fourth-order valence-electron chi connectivity index (χ4n) is 0.969. The Bertz CT molecular complexity index is 268. The molecule has 1 aromatic heterocycles. The van der Waals surface area contributed by atoms with E-state index in [1.165, 1.54) is 0 Å². The summed E-state index contributed by atoms with van der Waals surface area (Å²) < 4.78 is 7.49. The third-order valence-electron chi connectivity index (χ3n) is 1.85. The Balaban J connectivity index is 2.73. The van der Waals surface area contributed by atoms with Crippen LogP contribution in [0.2, 0.25) is 0 Å². The number of nitrogens with two attached hydrogens (primary N) is 1. The minimum atomic E-state index is -0.326. The van der Waals surface area contributed by atoms with Gasteiger partial charge in [0.05, 0.1) is 6.20 Å². The summed E-state index contributed by atoms with van der Waals surface area (Å²) in [7, 11) is 0. The first kappa shape index (κ1) is 10.1. The fraction of sp³-hybridized carbons (Fsp3) is 0.667. The minimum Gasteiger partial charge on any atom is -0.470 e. The van der Waals surface area contributed by atoms with E-state index in [9.17, 15) is 0 Å². The molecule has 0 amide bonds. The van der Waals surface area contributed by atoms with Gasteiger partial charge >= 0.3 is 0 Å². The quantitative estimate of drug-likeness (QED) is 0.758. The van der Waals surface area contributed by atoms with Crippen LogP contribution in [0.4, 0.5) is 0 Å². The Hall–Kier alpha value is -1.03. The maximum atomic E-state index is 5.69. The molecule has 0 aliphatic heterocycles. The Morgan fingerprint density at radius 3 is 2.85 bits per heavy atom. The molecule has 0 atom stereocenters. The molecule has 74 valence electrons. The predicted octanol–water partition coefficient (Wildman–Crippen LogP) is 1.02. The lowest BCUT2D eigenvalue weighted by atomic mass is 10.1. The van der Waals surface area contributed by atoms with E-state index in [0.29, 0.717) is 6.54 Å². The van der Waals surface area contributed by atoms with E-state index in [1.807, 2.05) is 26.8 Å². The van der Waals surface area contributed by atoms with Crippen LogP contribution in [0.3, 0.4) is 0 Å². The second-order valence-electron chi connectivity index (χ2n) is 3.55. The van der Waals surface area contributed by atoms with Crippen molar-refractivity contribution in [2.75, 3.05) is 6.54 Å². The number of ether oxygens (including phenoxy) is 1.